The van der Waals surface area contributed by atoms with E-state index in [2.05, 4.69) is 4.90 Å². The number of likely N-dealkylation sites (tertiary alicyclic amines) is 1. The molecule has 2 aromatic rings. The van der Waals surface area contributed by atoms with Crippen molar-refractivity contribution in [1.82, 2.24) is 4.90 Å². The smallest absolute Gasteiger partial charge is 0.307 e. The Balaban J connectivity index is 0.00000300. The lowest BCUT2D eigenvalue weighted by Gasteiger charge is -2.30. The molecular weight excluding hydrogens is 433 g/mol. The van der Waals surface area contributed by atoms with Crippen LogP contribution in [0.25, 0.3) is 5.57 Å². The average Bonchev–Trinajstić information content (AvgIpc) is 2.68. The molecule has 1 N–H and O–H groups in total. The highest BCUT2D eigenvalue weighted by Crippen LogP contribution is 2.27. The largest absolute Gasteiger partial charge is 0.499 e. The molecule has 7 heteroatoms. The first-order chi connectivity index (χ1) is 13.5. The highest BCUT2D eigenvalue weighted by atomic mass is 35.5. The molecule has 0 saturated carbocycles. The van der Waals surface area contributed by atoms with Crippen molar-refractivity contribution in [1.29, 1.82) is 0 Å². The van der Waals surface area contributed by atoms with Gasteiger partial charge in [0.2, 0.25) is 0 Å². The summed E-state index contributed by atoms with van der Waals surface area (Å²) in [6, 6.07) is 15.2. The molecule has 1 saturated heterocycles. The maximum Gasteiger partial charge on any atom is 0.307 e. The van der Waals surface area contributed by atoms with Gasteiger partial charge in [-0.25, -0.2) is 0 Å². The number of aliphatic carboxylic acids is 1. The van der Waals surface area contributed by atoms with E-state index in [-0.39, 0.29) is 18.3 Å². The molecule has 0 unspecified atom stereocenters. The fourth-order valence-electron chi connectivity index (χ4n) is 3.40. The van der Waals surface area contributed by atoms with E-state index in [0.29, 0.717) is 29.7 Å². The molecule has 0 bridgehead atoms. The van der Waals surface area contributed by atoms with Crippen LogP contribution in [0.3, 0.4) is 0 Å². The van der Waals surface area contributed by atoms with Gasteiger partial charge in [-0.05, 0) is 54.8 Å². The minimum atomic E-state index is -0.713. The SMILES string of the molecule is Cl.O=C(O)[C@@H]1CCCN(CCOC=C(c2cccc(Cl)c2)c2cccc(Cl)c2)C1. The lowest BCUT2D eigenvalue weighted by atomic mass is 9.98. The third-order valence-electron chi connectivity index (χ3n) is 4.85. The maximum atomic E-state index is 11.2. The summed E-state index contributed by atoms with van der Waals surface area (Å²) in [4.78, 5) is 13.3. The number of rotatable bonds is 7. The summed E-state index contributed by atoms with van der Waals surface area (Å²) in [7, 11) is 0. The molecule has 2 aromatic carbocycles. The van der Waals surface area contributed by atoms with Crippen LogP contribution in [0, 0.1) is 5.92 Å². The first-order valence-electron chi connectivity index (χ1n) is 9.32. The highest BCUT2D eigenvalue weighted by Gasteiger charge is 2.24. The number of ether oxygens (including phenoxy) is 1. The van der Waals surface area contributed by atoms with E-state index in [0.717, 1.165) is 36.1 Å². The summed E-state index contributed by atoms with van der Waals surface area (Å²) < 4.78 is 5.85. The molecular formula is C22H24Cl3NO3. The van der Waals surface area contributed by atoms with Crippen molar-refractivity contribution < 1.29 is 14.6 Å². The number of hydrogen-bond donors (Lipinski definition) is 1. The molecule has 4 nitrogen and oxygen atoms in total. The van der Waals surface area contributed by atoms with Crippen molar-refractivity contribution in [2.75, 3.05) is 26.2 Å². The van der Waals surface area contributed by atoms with Crippen molar-refractivity contribution in [2.45, 2.75) is 12.8 Å². The molecule has 29 heavy (non-hydrogen) atoms. The van der Waals surface area contributed by atoms with Gasteiger partial charge in [-0.3, -0.25) is 9.69 Å². The second kappa shape index (κ2) is 11.5. The van der Waals surface area contributed by atoms with Crippen LogP contribution >= 0.6 is 35.6 Å². The van der Waals surface area contributed by atoms with Gasteiger partial charge in [0.1, 0.15) is 6.61 Å². The number of nitrogens with zero attached hydrogens (tertiary/aromatic N) is 1. The second-order valence-corrected chi connectivity index (χ2v) is 7.77. The molecule has 0 amide bonds. The summed E-state index contributed by atoms with van der Waals surface area (Å²) in [5, 5.41) is 10.5. The van der Waals surface area contributed by atoms with Crippen LogP contribution in [0.1, 0.15) is 24.0 Å². The van der Waals surface area contributed by atoms with Crippen LogP contribution in [0.15, 0.2) is 54.8 Å². The quantitative estimate of drug-likeness (QED) is 0.434. The zero-order chi connectivity index (χ0) is 19.9. The van der Waals surface area contributed by atoms with Gasteiger partial charge >= 0.3 is 5.97 Å². The number of piperidine rings is 1. The van der Waals surface area contributed by atoms with Gasteiger partial charge in [0.15, 0.2) is 0 Å². The van der Waals surface area contributed by atoms with E-state index >= 15 is 0 Å². The fourth-order valence-corrected chi connectivity index (χ4v) is 3.78. The molecule has 156 valence electrons. The van der Waals surface area contributed by atoms with Gasteiger partial charge in [-0.15, -0.1) is 12.4 Å². The van der Waals surface area contributed by atoms with Crippen LogP contribution in [-0.2, 0) is 9.53 Å². The third-order valence-corrected chi connectivity index (χ3v) is 5.32. The Hall–Kier alpha value is -1.72. The topological polar surface area (TPSA) is 49.8 Å². The van der Waals surface area contributed by atoms with Crippen molar-refractivity contribution in [3.63, 3.8) is 0 Å². The number of carbonyl (C=O) groups is 1. The molecule has 1 fully saturated rings. The Kier molecular flexibility index (Phi) is 9.31. The molecule has 0 aliphatic carbocycles. The first kappa shape index (κ1) is 23.6. The van der Waals surface area contributed by atoms with Gasteiger partial charge < -0.3 is 9.84 Å². The summed E-state index contributed by atoms with van der Waals surface area (Å²) in [5.74, 6) is -0.993. The number of benzene rings is 2. The molecule has 1 heterocycles. The van der Waals surface area contributed by atoms with E-state index in [1.807, 2.05) is 48.5 Å². The van der Waals surface area contributed by atoms with Gasteiger partial charge in [0.25, 0.3) is 0 Å². The number of carboxylic acids is 1. The van der Waals surface area contributed by atoms with Crippen LogP contribution < -0.4 is 0 Å². The molecule has 0 aromatic heterocycles. The Morgan fingerprint density at radius 1 is 1.14 bits per heavy atom. The van der Waals surface area contributed by atoms with Crippen molar-refractivity contribution >= 4 is 47.2 Å². The molecule has 1 aliphatic rings. The van der Waals surface area contributed by atoms with Crippen LogP contribution in [0.2, 0.25) is 10.0 Å². The molecule has 3 rings (SSSR count). The van der Waals surface area contributed by atoms with Gasteiger partial charge in [-0.1, -0.05) is 47.5 Å². The van der Waals surface area contributed by atoms with Gasteiger partial charge in [0.05, 0.1) is 12.2 Å². The molecule has 0 spiro atoms. The Morgan fingerprint density at radius 3 is 2.31 bits per heavy atom. The van der Waals surface area contributed by atoms with Crippen molar-refractivity contribution in [3.8, 4) is 0 Å². The monoisotopic (exact) mass is 455 g/mol. The van der Waals surface area contributed by atoms with E-state index in [4.69, 9.17) is 27.9 Å². The van der Waals surface area contributed by atoms with Crippen LogP contribution in [0.4, 0.5) is 0 Å². The molecule has 1 atom stereocenters. The van der Waals surface area contributed by atoms with Crippen LogP contribution in [0.5, 0.6) is 0 Å². The Bertz CT molecular complexity index is 809. The molecule has 1 aliphatic heterocycles. The van der Waals surface area contributed by atoms with Gasteiger partial charge in [0, 0.05) is 28.7 Å². The lowest BCUT2D eigenvalue weighted by Crippen LogP contribution is -2.40. The number of hydrogen-bond acceptors (Lipinski definition) is 3. The summed E-state index contributed by atoms with van der Waals surface area (Å²) in [6.07, 6.45) is 3.39. The highest BCUT2D eigenvalue weighted by molar-refractivity contribution is 6.31. The minimum absolute atomic E-state index is 0. The first-order valence-corrected chi connectivity index (χ1v) is 10.1. The van der Waals surface area contributed by atoms with Crippen molar-refractivity contribution in [2.24, 2.45) is 5.92 Å². The summed E-state index contributed by atoms with van der Waals surface area (Å²) in [5.41, 5.74) is 2.78. The lowest BCUT2D eigenvalue weighted by molar-refractivity contribution is -0.143. The third kappa shape index (κ3) is 6.93. The van der Waals surface area contributed by atoms with E-state index in [1.54, 1.807) is 6.26 Å². The second-order valence-electron chi connectivity index (χ2n) is 6.90. The van der Waals surface area contributed by atoms with E-state index in [1.165, 1.54) is 0 Å². The van der Waals surface area contributed by atoms with Gasteiger partial charge in [-0.2, -0.15) is 0 Å². The Labute approximate surface area is 187 Å². The fraction of sp³-hybridized carbons (Fsp3) is 0.318. The molecule has 0 radical (unpaired) electrons. The van der Waals surface area contributed by atoms with E-state index < -0.39 is 5.97 Å². The standard InChI is InChI=1S/C22H23Cl2NO3.ClH/c23-19-7-1-4-16(12-19)21(17-5-2-8-20(24)13-17)15-28-11-10-25-9-3-6-18(14-25)22(26)27;/h1-2,4-5,7-8,12-13,15,18H,3,6,9-11,14H2,(H,26,27);1H/t18-;/m1./s1. The van der Waals surface area contributed by atoms with Crippen LogP contribution in [-0.4, -0.2) is 42.2 Å². The maximum absolute atomic E-state index is 11.2. The average molecular weight is 457 g/mol. The predicted molar refractivity (Wildman–Crippen MR) is 120 cm³/mol. The minimum Gasteiger partial charge on any atom is -0.499 e. The zero-order valence-corrected chi connectivity index (χ0v) is 18.2. The summed E-state index contributed by atoms with van der Waals surface area (Å²) in [6.45, 7) is 2.67. The Morgan fingerprint density at radius 2 is 1.76 bits per heavy atom. The number of carboxylic acid groups (broad SMARTS) is 1. The summed E-state index contributed by atoms with van der Waals surface area (Å²) >= 11 is 12.3. The van der Waals surface area contributed by atoms with E-state index in [9.17, 15) is 9.90 Å². The normalized spacial score (nSPS) is 16.6. The zero-order valence-electron chi connectivity index (χ0n) is 15.9. The number of halogens is 3. The van der Waals surface area contributed by atoms with Crippen molar-refractivity contribution in [3.05, 3.63) is 76.0 Å². The predicted octanol–water partition coefficient (Wildman–Crippen LogP) is 5.62.